The van der Waals surface area contributed by atoms with E-state index in [-0.39, 0.29) is 23.6 Å². The molecule has 0 aliphatic carbocycles. The zero-order chi connectivity index (χ0) is 17.4. The number of aromatic hydroxyl groups is 1. The summed E-state index contributed by atoms with van der Waals surface area (Å²) in [7, 11) is 1.55. The number of halogens is 1. The molecule has 0 saturated heterocycles. The van der Waals surface area contributed by atoms with E-state index >= 15 is 0 Å². The number of nitrogens with one attached hydrogen (secondary N) is 1. The standard InChI is InChI=1S/C16H15FN4O3/c1-9-8-20(2)16(24)13-14(22)12(19-21(9)13)15(23)18-7-10-3-5-11(17)6-4-10/h3-6,8,22H,7H2,1-2H3,(H,18,23). The quantitative estimate of drug-likeness (QED) is 0.753. The molecule has 3 aromatic rings. The Morgan fingerprint density at radius 1 is 1.33 bits per heavy atom. The molecule has 0 unspecified atom stereocenters. The van der Waals surface area contributed by atoms with Crippen molar-refractivity contribution in [2.75, 3.05) is 0 Å². The van der Waals surface area contributed by atoms with Crippen LogP contribution in [0.25, 0.3) is 5.52 Å². The number of carbonyl (C=O) groups excluding carboxylic acids is 1. The van der Waals surface area contributed by atoms with Crippen molar-refractivity contribution >= 4 is 11.4 Å². The highest BCUT2D eigenvalue weighted by molar-refractivity contribution is 5.97. The molecule has 0 aliphatic heterocycles. The maximum Gasteiger partial charge on any atom is 0.280 e. The number of hydrogen-bond acceptors (Lipinski definition) is 4. The zero-order valence-corrected chi connectivity index (χ0v) is 13.1. The van der Waals surface area contributed by atoms with Gasteiger partial charge in [0.1, 0.15) is 5.82 Å². The van der Waals surface area contributed by atoms with Crippen LogP contribution in [0.2, 0.25) is 0 Å². The molecule has 24 heavy (non-hydrogen) atoms. The molecule has 8 heteroatoms. The second kappa shape index (κ2) is 5.80. The molecule has 124 valence electrons. The molecule has 0 bridgehead atoms. The highest BCUT2D eigenvalue weighted by Gasteiger charge is 2.22. The molecule has 1 aromatic carbocycles. The van der Waals surface area contributed by atoms with E-state index in [9.17, 15) is 19.1 Å². The fraction of sp³-hybridized carbons (Fsp3) is 0.188. The van der Waals surface area contributed by atoms with Gasteiger partial charge in [-0.3, -0.25) is 9.59 Å². The Bertz CT molecular complexity index is 989. The Morgan fingerprint density at radius 3 is 2.67 bits per heavy atom. The van der Waals surface area contributed by atoms with Crippen LogP contribution >= 0.6 is 0 Å². The lowest BCUT2D eigenvalue weighted by atomic mass is 10.2. The predicted molar refractivity (Wildman–Crippen MR) is 84.4 cm³/mol. The lowest BCUT2D eigenvalue weighted by Gasteiger charge is -2.03. The Morgan fingerprint density at radius 2 is 2.00 bits per heavy atom. The average molecular weight is 330 g/mol. The maximum absolute atomic E-state index is 12.9. The van der Waals surface area contributed by atoms with E-state index in [1.807, 2.05) is 0 Å². The van der Waals surface area contributed by atoms with Crippen molar-refractivity contribution < 1.29 is 14.3 Å². The van der Waals surface area contributed by atoms with Crippen LogP contribution in [0.15, 0.2) is 35.3 Å². The van der Waals surface area contributed by atoms with Crippen molar-refractivity contribution in [3.63, 3.8) is 0 Å². The number of fused-ring (bicyclic) bond motifs is 1. The first-order valence-corrected chi connectivity index (χ1v) is 7.19. The fourth-order valence-electron chi connectivity index (χ4n) is 2.44. The number of benzene rings is 1. The number of nitrogens with zero attached hydrogens (tertiary/aromatic N) is 3. The van der Waals surface area contributed by atoms with Gasteiger partial charge in [-0.1, -0.05) is 12.1 Å². The van der Waals surface area contributed by atoms with Gasteiger partial charge >= 0.3 is 0 Å². The fourth-order valence-corrected chi connectivity index (χ4v) is 2.44. The van der Waals surface area contributed by atoms with E-state index in [2.05, 4.69) is 10.4 Å². The predicted octanol–water partition coefficient (Wildman–Crippen LogP) is 1.12. The summed E-state index contributed by atoms with van der Waals surface area (Å²) in [6, 6.07) is 5.66. The smallest absolute Gasteiger partial charge is 0.280 e. The Balaban J connectivity index is 1.91. The Kier molecular flexibility index (Phi) is 3.80. The molecule has 0 saturated carbocycles. The first kappa shape index (κ1) is 15.7. The van der Waals surface area contributed by atoms with Gasteiger partial charge < -0.3 is 15.0 Å². The van der Waals surface area contributed by atoms with Crippen LogP contribution in [0.5, 0.6) is 5.75 Å². The summed E-state index contributed by atoms with van der Waals surface area (Å²) < 4.78 is 15.4. The minimum Gasteiger partial charge on any atom is -0.503 e. The average Bonchev–Trinajstić information content (AvgIpc) is 2.90. The second-order valence-electron chi connectivity index (χ2n) is 5.45. The maximum atomic E-state index is 12.9. The molecule has 0 atom stereocenters. The van der Waals surface area contributed by atoms with E-state index in [1.165, 1.54) is 21.2 Å². The summed E-state index contributed by atoms with van der Waals surface area (Å²) in [5, 5.41) is 16.8. The summed E-state index contributed by atoms with van der Waals surface area (Å²) in [5.74, 6) is -1.45. The largest absolute Gasteiger partial charge is 0.503 e. The normalized spacial score (nSPS) is 11.0. The van der Waals surface area contributed by atoms with Crippen molar-refractivity contribution in [3.05, 3.63) is 63.6 Å². The summed E-state index contributed by atoms with van der Waals surface area (Å²) in [4.78, 5) is 24.4. The Hall–Kier alpha value is -3.16. The van der Waals surface area contributed by atoms with Crippen LogP contribution in [0.1, 0.15) is 21.7 Å². The third kappa shape index (κ3) is 2.62. The third-order valence-electron chi connectivity index (χ3n) is 3.68. The van der Waals surface area contributed by atoms with Gasteiger partial charge in [-0.15, -0.1) is 0 Å². The molecule has 0 fully saturated rings. The molecule has 2 aromatic heterocycles. The number of rotatable bonds is 3. The molecule has 2 heterocycles. The highest BCUT2D eigenvalue weighted by atomic mass is 19.1. The summed E-state index contributed by atoms with van der Waals surface area (Å²) in [6.07, 6.45) is 1.56. The minimum absolute atomic E-state index is 0.0515. The van der Waals surface area contributed by atoms with Crippen LogP contribution in [0.3, 0.4) is 0 Å². The van der Waals surface area contributed by atoms with Gasteiger partial charge in [0.25, 0.3) is 11.5 Å². The molecule has 0 radical (unpaired) electrons. The third-order valence-corrected chi connectivity index (χ3v) is 3.68. The number of aryl methyl sites for hydroxylation is 2. The lowest BCUT2D eigenvalue weighted by Crippen LogP contribution is -2.23. The number of hydrogen-bond donors (Lipinski definition) is 2. The van der Waals surface area contributed by atoms with E-state index in [1.54, 1.807) is 32.3 Å². The van der Waals surface area contributed by atoms with Gasteiger partial charge in [-0.2, -0.15) is 5.10 Å². The van der Waals surface area contributed by atoms with Crippen LogP contribution < -0.4 is 10.9 Å². The summed E-state index contributed by atoms with van der Waals surface area (Å²) in [6.45, 7) is 1.85. The van der Waals surface area contributed by atoms with E-state index < -0.39 is 17.2 Å². The van der Waals surface area contributed by atoms with Crippen molar-refractivity contribution in [1.82, 2.24) is 19.5 Å². The van der Waals surface area contributed by atoms with Crippen molar-refractivity contribution in [2.24, 2.45) is 7.05 Å². The number of carbonyl (C=O) groups is 1. The van der Waals surface area contributed by atoms with E-state index in [0.717, 1.165) is 0 Å². The second-order valence-corrected chi connectivity index (χ2v) is 5.45. The molecular formula is C16H15FN4O3. The highest BCUT2D eigenvalue weighted by Crippen LogP contribution is 2.21. The van der Waals surface area contributed by atoms with Crippen LogP contribution in [-0.2, 0) is 13.6 Å². The van der Waals surface area contributed by atoms with Crippen LogP contribution in [0, 0.1) is 12.7 Å². The number of aromatic nitrogens is 3. The Labute approximate surface area is 136 Å². The van der Waals surface area contributed by atoms with Gasteiger partial charge in [0.15, 0.2) is 17.0 Å². The first-order chi connectivity index (χ1) is 11.4. The number of amides is 1. The van der Waals surface area contributed by atoms with Crippen molar-refractivity contribution in [1.29, 1.82) is 0 Å². The summed E-state index contributed by atoms with van der Waals surface area (Å²) >= 11 is 0. The monoisotopic (exact) mass is 330 g/mol. The summed E-state index contributed by atoms with van der Waals surface area (Å²) in [5.41, 5.74) is 0.552. The van der Waals surface area contributed by atoms with Crippen LogP contribution in [0.4, 0.5) is 4.39 Å². The molecule has 0 aliphatic rings. The molecule has 3 rings (SSSR count). The van der Waals surface area contributed by atoms with Gasteiger partial charge in [-0.25, -0.2) is 8.91 Å². The molecular weight excluding hydrogens is 315 g/mol. The molecule has 7 nitrogen and oxygen atoms in total. The van der Waals surface area contributed by atoms with E-state index in [4.69, 9.17) is 0 Å². The molecule has 1 amide bonds. The van der Waals surface area contributed by atoms with Crippen molar-refractivity contribution in [3.8, 4) is 5.75 Å². The molecule has 0 spiro atoms. The van der Waals surface area contributed by atoms with Gasteiger partial charge in [0.05, 0.1) is 5.69 Å². The first-order valence-electron chi connectivity index (χ1n) is 7.19. The SMILES string of the molecule is Cc1cn(C)c(=O)c2c(O)c(C(=O)NCc3ccc(F)cc3)nn12. The van der Waals surface area contributed by atoms with Gasteiger partial charge in [0, 0.05) is 19.8 Å². The topological polar surface area (TPSA) is 88.6 Å². The zero-order valence-electron chi connectivity index (χ0n) is 13.1. The molecule has 2 N–H and O–H groups in total. The van der Waals surface area contributed by atoms with Gasteiger partial charge in [-0.05, 0) is 24.6 Å². The van der Waals surface area contributed by atoms with Gasteiger partial charge in [0.2, 0.25) is 0 Å². The van der Waals surface area contributed by atoms with Crippen molar-refractivity contribution in [2.45, 2.75) is 13.5 Å². The van der Waals surface area contributed by atoms with E-state index in [0.29, 0.717) is 11.3 Å². The lowest BCUT2D eigenvalue weighted by molar-refractivity contribution is 0.0943. The van der Waals surface area contributed by atoms with Crippen LogP contribution in [-0.4, -0.2) is 25.2 Å². The minimum atomic E-state index is -0.623.